The largest absolute Gasteiger partial charge is 0.480 e. The molecule has 2 aliphatic carbocycles. The number of nitrogens with zero attached hydrogens (tertiary/aromatic N) is 1. The number of carbonyl (C=O) groups excluding carboxylic acids is 1. The fourth-order valence-electron chi connectivity index (χ4n) is 2.48. The number of nitrogens with one attached hydrogen (secondary N) is 1. The minimum atomic E-state index is -0.977. The molecule has 0 radical (unpaired) electrons. The maximum Gasteiger partial charge on any atom is 0.323 e. The Morgan fingerprint density at radius 2 is 1.74 bits per heavy atom. The smallest absolute Gasteiger partial charge is 0.323 e. The van der Waals surface area contributed by atoms with Crippen LogP contribution in [0.15, 0.2) is 0 Å². The SMILES string of the molecule is O=C(O)CN(CC1CC1)C(=O)NC1CCC(O)CC1. The van der Waals surface area contributed by atoms with Crippen molar-refractivity contribution in [3.8, 4) is 0 Å². The number of carboxylic acid groups (broad SMARTS) is 1. The molecule has 0 heterocycles. The number of urea groups is 1. The van der Waals surface area contributed by atoms with Gasteiger partial charge in [0.05, 0.1) is 6.10 Å². The van der Waals surface area contributed by atoms with E-state index in [2.05, 4.69) is 5.32 Å². The van der Waals surface area contributed by atoms with Crippen LogP contribution in [0.1, 0.15) is 38.5 Å². The number of aliphatic carboxylic acids is 1. The van der Waals surface area contributed by atoms with Gasteiger partial charge in [0, 0.05) is 12.6 Å². The molecule has 0 aromatic heterocycles. The summed E-state index contributed by atoms with van der Waals surface area (Å²) in [5.41, 5.74) is 0. The second kappa shape index (κ2) is 6.23. The molecule has 0 saturated heterocycles. The molecular formula is C13H22N2O4. The highest BCUT2D eigenvalue weighted by atomic mass is 16.4. The van der Waals surface area contributed by atoms with Crippen LogP contribution in [-0.4, -0.2) is 52.3 Å². The summed E-state index contributed by atoms with van der Waals surface area (Å²) >= 11 is 0. The van der Waals surface area contributed by atoms with E-state index in [1.54, 1.807) is 0 Å². The van der Waals surface area contributed by atoms with Crippen LogP contribution >= 0.6 is 0 Å². The first-order valence-electron chi connectivity index (χ1n) is 7.00. The minimum absolute atomic E-state index is 0.0615. The molecule has 3 N–H and O–H groups in total. The van der Waals surface area contributed by atoms with E-state index < -0.39 is 5.97 Å². The van der Waals surface area contributed by atoms with Crippen LogP contribution in [0.4, 0.5) is 4.79 Å². The normalized spacial score (nSPS) is 26.8. The lowest BCUT2D eigenvalue weighted by molar-refractivity contribution is -0.137. The molecule has 6 nitrogen and oxygen atoms in total. The molecule has 0 aromatic carbocycles. The Morgan fingerprint density at radius 1 is 1.11 bits per heavy atom. The molecule has 0 aromatic rings. The topological polar surface area (TPSA) is 89.9 Å². The summed E-state index contributed by atoms with van der Waals surface area (Å²) in [5, 5.41) is 21.2. The van der Waals surface area contributed by atoms with Crippen molar-refractivity contribution in [2.45, 2.75) is 50.7 Å². The van der Waals surface area contributed by atoms with E-state index in [1.807, 2.05) is 0 Å². The lowest BCUT2D eigenvalue weighted by atomic mass is 9.93. The zero-order valence-electron chi connectivity index (χ0n) is 11.0. The maximum absolute atomic E-state index is 12.1. The predicted octanol–water partition coefficient (Wildman–Crippen LogP) is 0.796. The molecule has 0 aliphatic heterocycles. The molecule has 2 saturated carbocycles. The third-order valence-corrected chi connectivity index (χ3v) is 3.81. The van der Waals surface area contributed by atoms with Gasteiger partial charge in [0.2, 0.25) is 0 Å². The predicted molar refractivity (Wildman–Crippen MR) is 68.7 cm³/mol. The zero-order valence-corrected chi connectivity index (χ0v) is 11.0. The van der Waals surface area contributed by atoms with Crippen molar-refractivity contribution in [1.29, 1.82) is 0 Å². The molecule has 0 atom stereocenters. The van der Waals surface area contributed by atoms with E-state index in [0.717, 1.165) is 25.7 Å². The number of hydrogen-bond donors (Lipinski definition) is 3. The number of aliphatic hydroxyl groups excluding tert-OH is 1. The Balaban J connectivity index is 1.81. The van der Waals surface area contributed by atoms with Crippen LogP contribution in [0.3, 0.4) is 0 Å². The van der Waals surface area contributed by atoms with Gasteiger partial charge < -0.3 is 20.4 Å². The van der Waals surface area contributed by atoms with Crippen molar-refractivity contribution in [3.63, 3.8) is 0 Å². The number of carbonyl (C=O) groups is 2. The molecular weight excluding hydrogens is 248 g/mol. The molecule has 2 amide bonds. The number of aliphatic hydroxyl groups is 1. The fraction of sp³-hybridized carbons (Fsp3) is 0.846. The maximum atomic E-state index is 12.1. The Labute approximate surface area is 112 Å². The van der Waals surface area contributed by atoms with Crippen LogP contribution in [0.2, 0.25) is 0 Å². The molecule has 2 rings (SSSR count). The van der Waals surface area contributed by atoms with Gasteiger partial charge in [-0.2, -0.15) is 0 Å². The summed E-state index contributed by atoms with van der Waals surface area (Å²) in [6.07, 6.45) is 4.83. The van der Waals surface area contributed by atoms with Gasteiger partial charge in [-0.15, -0.1) is 0 Å². The van der Waals surface area contributed by atoms with Crippen LogP contribution in [0, 0.1) is 5.92 Å². The molecule has 108 valence electrons. The summed E-state index contributed by atoms with van der Waals surface area (Å²) in [4.78, 5) is 24.3. The summed E-state index contributed by atoms with van der Waals surface area (Å²) in [6.45, 7) is 0.297. The molecule has 0 spiro atoms. The molecule has 2 aliphatic rings. The molecule has 6 heteroatoms. The van der Waals surface area contributed by atoms with Gasteiger partial charge in [0.15, 0.2) is 0 Å². The number of amides is 2. The highest BCUT2D eigenvalue weighted by Crippen LogP contribution is 2.29. The second-order valence-corrected chi connectivity index (χ2v) is 5.67. The van der Waals surface area contributed by atoms with Crippen LogP contribution in [0.25, 0.3) is 0 Å². The Bertz CT molecular complexity index is 336. The molecule has 19 heavy (non-hydrogen) atoms. The van der Waals surface area contributed by atoms with E-state index in [0.29, 0.717) is 25.3 Å². The Morgan fingerprint density at radius 3 is 2.26 bits per heavy atom. The Kier molecular flexibility index (Phi) is 4.63. The average Bonchev–Trinajstić information content (AvgIpc) is 3.14. The van der Waals surface area contributed by atoms with Gasteiger partial charge in [0.1, 0.15) is 6.54 Å². The lowest BCUT2D eigenvalue weighted by Crippen LogP contribution is -2.48. The van der Waals surface area contributed by atoms with E-state index in [-0.39, 0.29) is 24.7 Å². The summed E-state index contributed by atoms with van der Waals surface area (Å²) in [6, 6.07) is -0.220. The van der Waals surface area contributed by atoms with Gasteiger partial charge in [-0.05, 0) is 44.4 Å². The van der Waals surface area contributed by atoms with Crippen molar-refractivity contribution < 1.29 is 19.8 Å². The fourth-order valence-corrected chi connectivity index (χ4v) is 2.48. The van der Waals surface area contributed by atoms with Crippen LogP contribution < -0.4 is 5.32 Å². The van der Waals surface area contributed by atoms with Crippen molar-refractivity contribution in [2.24, 2.45) is 5.92 Å². The second-order valence-electron chi connectivity index (χ2n) is 5.67. The van der Waals surface area contributed by atoms with Gasteiger partial charge in [0.25, 0.3) is 0 Å². The van der Waals surface area contributed by atoms with Crippen molar-refractivity contribution >= 4 is 12.0 Å². The van der Waals surface area contributed by atoms with Crippen molar-refractivity contribution in [1.82, 2.24) is 10.2 Å². The Hall–Kier alpha value is -1.30. The van der Waals surface area contributed by atoms with Crippen LogP contribution in [-0.2, 0) is 4.79 Å². The first kappa shape index (κ1) is 14.1. The first-order valence-corrected chi connectivity index (χ1v) is 7.00. The minimum Gasteiger partial charge on any atom is -0.480 e. The highest BCUT2D eigenvalue weighted by Gasteiger charge is 2.29. The quantitative estimate of drug-likeness (QED) is 0.689. The molecule has 0 bridgehead atoms. The zero-order chi connectivity index (χ0) is 13.8. The third kappa shape index (κ3) is 4.70. The highest BCUT2D eigenvalue weighted by molar-refractivity contribution is 5.80. The van der Waals surface area contributed by atoms with Crippen molar-refractivity contribution in [2.75, 3.05) is 13.1 Å². The number of rotatable bonds is 5. The number of hydrogen-bond acceptors (Lipinski definition) is 3. The summed E-state index contributed by atoms with van der Waals surface area (Å²) in [7, 11) is 0. The van der Waals surface area contributed by atoms with E-state index >= 15 is 0 Å². The standard InChI is InChI=1S/C13H22N2O4/c16-11-5-3-10(4-6-11)14-13(19)15(8-12(17)18)7-9-1-2-9/h9-11,16H,1-8H2,(H,14,19)(H,17,18). The average molecular weight is 270 g/mol. The van der Waals surface area contributed by atoms with Gasteiger partial charge >= 0.3 is 12.0 Å². The van der Waals surface area contributed by atoms with Gasteiger partial charge in [-0.1, -0.05) is 0 Å². The number of carboxylic acids is 1. The first-order chi connectivity index (χ1) is 9.04. The summed E-state index contributed by atoms with van der Waals surface area (Å²) in [5.74, 6) is -0.506. The molecule has 2 fully saturated rings. The van der Waals surface area contributed by atoms with Crippen LogP contribution in [0.5, 0.6) is 0 Å². The van der Waals surface area contributed by atoms with Crippen molar-refractivity contribution in [3.05, 3.63) is 0 Å². The van der Waals surface area contributed by atoms with Gasteiger partial charge in [-0.3, -0.25) is 4.79 Å². The monoisotopic (exact) mass is 270 g/mol. The third-order valence-electron chi connectivity index (χ3n) is 3.81. The summed E-state index contributed by atoms with van der Waals surface area (Å²) < 4.78 is 0. The van der Waals surface area contributed by atoms with E-state index in [9.17, 15) is 14.7 Å². The van der Waals surface area contributed by atoms with E-state index in [1.165, 1.54) is 4.90 Å². The lowest BCUT2D eigenvalue weighted by Gasteiger charge is -2.29. The van der Waals surface area contributed by atoms with E-state index in [4.69, 9.17) is 5.11 Å². The molecule has 0 unspecified atom stereocenters. The van der Waals surface area contributed by atoms with Gasteiger partial charge in [-0.25, -0.2) is 4.79 Å².